The molecule has 26 heavy (non-hydrogen) atoms. The second-order valence-electron chi connectivity index (χ2n) is 8.19. The van der Waals surface area contributed by atoms with Crippen LogP contribution >= 0.6 is 0 Å². The topological polar surface area (TPSA) is 115 Å². The molecule has 0 radical (unpaired) electrons. The SMILES string of the molecule is CC(C)(CCCc1cc(CCCC(C)(C)C(=O)O)c(O)cc1O)C(=O)O. The van der Waals surface area contributed by atoms with Gasteiger partial charge < -0.3 is 20.4 Å². The molecule has 146 valence electrons. The minimum absolute atomic E-state index is 0.00903. The zero-order valence-corrected chi connectivity index (χ0v) is 16.0. The largest absolute Gasteiger partial charge is 0.508 e. The van der Waals surface area contributed by atoms with Gasteiger partial charge in [-0.05, 0) is 83.4 Å². The predicted molar refractivity (Wildman–Crippen MR) is 98.5 cm³/mol. The quantitative estimate of drug-likeness (QED) is 0.498. The molecular formula is C20H30O6. The van der Waals surface area contributed by atoms with Gasteiger partial charge in [0, 0.05) is 6.07 Å². The summed E-state index contributed by atoms with van der Waals surface area (Å²) < 4.78 is 0. The van der Waals surface area contributed by atoms with Gasteiger partial charge in [0.2, 0.25) is 0 Å². The molecule has 0 fully saturated rings. The van der Waals surface area contributed by atoms with Gasteiger partial charge in [-0.2, -0.15) is 0 Å². The molecule has 0 bridgehead atoms. The van der Waals surface area contributed by atoms with Crippen LogP contribution in [0.2, 0.25) is 0 Å². The van der Waals surface area contributed by atoms with Gasteiger partial charge in [0.05, 0.1) is 10.8 Å². The number of carbonyl (C=O) groups is 2. The molecule has 6 heteroatoms. The van der Waals surface area contributed by atoms with E-state index in [1.54, 1.807) is 33.8 Å². The second-order valence-corrected chi connectivity index (χ2v) is 8.19. The minimum Gasteiger partial charge on any atom is -0.508 e. The third-order valence-corrected chi connectivity index (χ3v) is 4.93. The Morgan fingerprint density at radius 1 is 0.769 bits per heavy atom. The van der Waals surface area contributed by atoms with Crippen LogP contribution in [0.5, 0.6) is 11.5 Å². The van der Waals surface area contributed by atoms with E-state index >= 15 is 0 Å². The van der Waals surface area contributed by atoms with E-state index in [2.05, 4.69) is 0 Å². The maximum absolute atomic E-state index is 11.2. The summed E-state index contributed by atoms with van der Waals surface area (Å²) in [5.74, 6) is -1.72. The zero-order chi connectivity index (χ0) is 20.1. The normalized spacial score (nSPS) is 12.2. The van der Waals surface area contributed by atoms with Crippen LogP contribution in [-0.2, 0) is 22.4 Å². The summed E-state index contributed by atoms with van der Waals surface area (Å²) >= 11 is 0. The number of phenols is 2. The molecule has 1 aromatic carbocycles. The molecule has 0 atom stereocenters. The number of hydrogen-bond donors (Lipinski definition) is 4. The molecule has 0 amide bonds. The van der Waals surface area contributed by atoms with Crippen LogP contribution in [0.25, 0.3) is 0 Å². The van der Waals surface area contributed by atoms with Crippen molar-refractivity contribution in [1.82, 2.24) is 0 Å². The van der Waals surface area contributed by atoms with E-state index in [4.69, 9.17) is 10.2 Å². The summed E-state index contributed by atoms with van der Waals surface area (Å²) in [4.78, 5) is 22.3. The number of aromatic hydroxyl groups is 2. The Labute approximate surface area is 154 Å². The predicted octanol–water partition coefficient (Wildman–Crippen LogP) is 3.96. The van der Waals surface area contributed by atoms with Gasteiger partial charge in [-0.1, -0.05) is 0 Å². The van der Waals surface area contributed by atoms with E-state index in [0.717, 1.165) is 0 Å². The highest BCUT2D eigenvalue weighted by atomic mass is 16.4. The highest BCUT2D eigenvalue weighted by Crippen LogP contribution is 2.32. The molecule has 4 N–H and O–H groups in total. The molecule has 6 nitrogen and oxygen atoms in total. The van der Waals surface area contributed by atoms with Crippen LogP contribution in [0, 0.1) is 10.8 Å². The molecular weight excluding hydrogens is 336 g/mol. The zero-order valence-electron chi connectivity index (χ0n) is 16.0. The first-order chi connectivity index (χ1) is 11.9. The van der Waals surface area contributed by atoms with E-state index in [9.17, 15) is 19.8 Å². The average Bonchev–Trinajstić information content (AvgIpc) is 2.50. The van der Waals surface area contributed by atoms with Crippen molar-refractivity contribution in [3.05, 3.63) is 23.3 Å². The van der Waals surface area contributed by atoms with E-state index < -0.39 is 22.8 Å². The smallest absolute Gasteiger partial charge is 0.309 e. The van der Waals surface area contributed by atoms with Crippen LogP contribution in [0.3, 0.4) is 0 Å². The van der Waals surface area contributed by atoms with Crippen molar-refractivity contribution >= 4 is 11.9 Å². The summed E-state index contributed by atoms with van der Waals surface area (Å²) in [5.41, 5.74) is -0.316. The average molecular weight is 366 g/mol. The van der Waals surface area contributed by atoms with Gasteiger partial charge >= 0.3 is 11.9 Å². The van der Waals surface area contributed by atoms with Crippen molar-refractivity contribution in [3.8, 4) is 11.5 Å². The van der Waals surface area contributed by atoms with Crippen molar-refractivity contribution in [1.29, 1.82) is 0 Å². The minimum atomic E-state index is -0.853. The maximum Gasteiger partial charge on any atom is 0.309 e. The summed E-state index contributed by atoms with van der Waals surface area (Å²) in [6.07, 6.45) is 3.18. The van der Waals surface area contributed by atoms with Crippen LogP contribution in [0.1, 0.15) is 64.5 Å². The third kappa shape index (κ3) is 5.93. The first-order valence-corrected chi connectivity index (χ1v) is 8.87. The summed E-state index contributed by atoms with van der Waals surface area (Å²) in [6.45, 7) is 6.67. The van der Waals surface area contributed by atoms with Crippen LogP contribution in [0.15, 0.2) is 12.1 Å². The Morgan fingerprint density at radius 2 is 1.12 bits per heavy atom. The molecule has 0 aliphatic rings. The Hall–Kier alpha value is -2.24. The Morgan fingerprint density at radius 3 is 1.42 bits per heavy atom. The lowest BCUT2D eigenvalue weighted by Gasteiger charge is -2.20. The maximum atomic E-state index is 11.2. The molecule has 0 unspecified atom stereocenters. The highest BCUT2D eigenvalue weighted by Gasteiger charge is 2.27. The van der Waals surface area contributed by atoms with Gasteiger partial charge in [0.25, 0.3) is 0 Å². The number of benzene rings is 1. The first kappa shape index (κ1) is 21.8. The van der Waals surface area contributed by atoms with Crippen LogP contribution in [0.4, 0.5) is 0 Å². The molecule has 1 rings (SSSR count). The van der Waals surface area contributed by atoms with Crippen LogP contribution in [-0.4, -0.2) is 32.4 Å². The molecule has 0 saturated heterocycles. The third-order valence-electron chi connectivity index (χ3n) is 4.93. The monoisotopic (exact) mass is 366 g/mol. The first-order valence-electron chi connectivity index (χ1n) is 8.87. The number of aliphatic carboxylic acids is 2. The summed E-state index contributed by atoms with van der Waals surface area (Å²) in [7, 11) is 0. The molecule has 0 spiro atoms. The lowest BCUT2D eigenvalue weighted by molar-refractivity contribution is -0.148. The lowest BCUT2D eigenvalue weighted by atomic mass is 9.85. The summed E-state index contributed by atoms with van der Waals surface area (Å²) in [6, 6.07) is 3.03. The number of carboxylic acids is 2. The fourth-order valence-corrected chi connectivity index (χ4v) is 2.73. The molecule has 1 aromatic rings. The van der Waals surface area contributed by atoms with Gasteiger partial charge in [-0.25, -0.2) is 0 Å². The van der Waals surface area contributed by atoms with Crippen molar-refractivity contribution in [2.75, 3.05) is 0 Å². The highest BCUT2D eigenvalue weighted by molar-refractivity contribution is 5.73. The van der Waals surface area contributed by atoms with Crippen molar-refractivity contribution in [2.45, 2.75) is 66.2 Å². The standard InChI is InChI=1S/C20H30O6/c1-19(2,17(23)24)9-5-7-13-11-14(16(22)12-15(13)21)8-6-10-20(3,4)18(25)26/h11-12,21-22H,5-10H2,1-4H3,(H,23,24)(H,25,26). The van der Waals surface area contributed by atoms with Gasteiger partial charge in [-0.15, -0.1) is 0 Å². The van der Waals surface area contributed by atoms with E-state index in [1.165, 1.54) is 6.07 Å². The molecule has 0 aliphatic heterocycles. The van der Waals surface area contributed by atoms with Crippen molar-refractivity contribution in [3.63, 3.8) is 0 Å². The molecule has 0 aromatic heterocycles. The number of hydrogen-bond acceptors (Lipinski definition) is 4. The Kier molecular flexibility index (Phi) is 7.07. The van der Waals surface area contributed by atoms with Crippen LogP contribution < -0.4 is 0 Å². The van der Waals surface area contributed by atoms with E-state index in [-0.39, 0.29) is 11.5 Å². The number of phenolic OH excluding ortho intramolecular Hbond substituents is 2. The Balaban J connectivity index is 2.74. The fraction of sp³-hybridized carbons (Fsp3) is 0.600. The van der Waals surface area contributed by atoms with Crippen molar-refractivity contribution in [2.24, 2.45) is 10.8 Å². The Bertz CT molecular complexity index is 607. The van der Waals surface area contributed by atoms with E-state index in [1.807, 2.05) is 0 Å². The van der Waals surface area contributed by atoms with Gasteiger partial charge in [0.15, 0.2) is 0 Å². The fourth-order valence-electron chi connectivity index (χ4n) is 2.73. The second kappa shape index (κ2) is 8.43. The van der Waals surface area contributed by atoms with E-state index in [0.29, 0.717) is 49.7 Å². The summed E-state index contributed by atoms with van der Waals surface area (Å²) in [5, 5.41) is 38.4. The molecule has 0 heterocycles. The van der Waals surface area contributed by atoms with Crippen molar-refractivity contribution < 1.29 is 30.0 Å². The number of rotatable bonds is 10. The molecule has 0 aliphatic carbocycles. The number of carboxylic acid groups (broad SMARTS) is 2. The van der Waals surface area contributed by atoms with Gasteiger partial charge in [-0.3, -0.25) is 9.59 Å². The molecule has 0 saturated carbocycles. The lowest BCUT2D eigenvalue weighted by Crippen LogP contribution is -2.23. The number of aryl methyl sites for hydroxylation is 2. The van der Waals surface area contributed by atoms with Gasteiger partial charge in [0.1, 0.15) is 11.5 Å².